The number of amides is 1. The molecular formula is C20H25N3O4. The average molecular weight is 371 g/mol. The number of ether oxygens (including phenoxy) is 1. The van der Waals surface area contributed by atoms with Crippen molar-refractivity contribution < 1.29 is 19.1 Å². The summed E-state index contributed by atoms with van der Waals surface area (Å²) < 4.78 is 6.64. The molecule has 27 heavy (non-hydrogen) atoms. The maximum Gasteiger partial charge on any atom is 0.291 e. The minimum Gasteiger partial charge on any atom is -0.497 e. The Hall–Kier alpha value is -2.70. The van der Waals surface area contributed by atoms with Crippen LogP contribution in [0, 0.1) is 5.41 Å². The van der Waals surface area contributed by atoms with E-state index in [1.807, 2.05) is 6.92 Å². The molecule has 2 aromatic rings. The van der Waals surface area contributed by atoms with E-state index in [0.29, 0.717) is 42.6 Å². The second kappa shape index (κ2) is 7.13. The van der Waals surface area contributed by atoms with Crippen molar-refractivity contribution in [3.05, 3.63) is 24.5 Å². The van der Waals surface area contributed by atoms with Gasteiger partial charge < -0.3 is 9.64 Å². The van der Waals surface area contributed by atoms with Gasteiger partial charge in [0.05, 0.1) is 18.1 Å². The Morgan fingerprint density at radius 2 is 2.04 bits per heavy atom. The van der Waals surface area contributed by atoms with Gasteiger partial charge in [-0.2, -0.15) is 0 Å². The zero-order valence-electron chi connectivity index (χ0n) is 16.2. The van der Waals surface area contributed by atoms with Crippen LogP contribution in [-0.2, 0) is 9.59 Å². The molecule has 1 aliphatic heterocycles. The summed E-state index contributed by atoms with van der Waals surface area (Å²) >= 11 is 0. The highest BCUT2D eigenvalue weighted by Gasteiger charge is 2.41. The van der Waals surface area contributed by atoms with Crippen molar-refractivity contribution in [2.45, 2.75) is 46.1 Å². The van der Waals surface area contributed by atoms with Gasteiger partial charge in [0.2, 0.25) is 5.78 Å². The van der Waals surface area contributed by atoms with E-state index in [-0.39, 0.29) is 5.91 Å². The van der Waals surface area contributed by atoms with Crippen molar-refractivity contribution in [2.75, 3.05) is 13.7 Å². The number of hydrogen-bond acceptors (Lipinski definition) is 5. The van der Waals surface area contributed by atoms with Crippen molar-refractivity contribution in [2.24, 2.45) is 5.41 Å². The third-order valence-electron chi connectivity index (χ3n) is 5.48. The lowest BCUT2D eigenvalue weighted by Gasteiger charge is -2.27. The first-order valence-electron chi connectivity index (χ1n) is 9.21. The van der Waals surface area contributed by atoms with Gasteiger partial charge in [-0.25, -0.2) is 4.98 Å². The van der Waals surface area contributed by atoms with E-state index in [1.165, 1.54) is 15.8 Å². The summed E-state index contributed by atoms with van der Waals surface area (Å²) in [6.45, 7) is 5.82. The van der Waals surface area contributed by atoms with E-state index < -0.39 is 23.1 Å². The minimum atomic E-state index is -0.731. The summed E-state index contributed by atoms with van der Waals surface area (Å²) in [4.78, 5) is 44.2. The second-order valence-electron chi connectivity index (χ2n) is 7.53. The first-order chi connectivity index (χ1) is 12.8. The quantitative estimate of drug-likeness (QED) is 0.755. The SMILES string of the molecule is CCC(C)(C)C(=O)C(=O)N1CCCC1C(=O)n1cnc2cc(OC)ccc21. The molecule has 7 nitrogen and oxygen atoms in total. The van der Waals surface area contributed by atoms with E-state index >= 15 is 0 Å². The summed E-state index contributed by atoms with van der Waals surface area (Å²) in [6.07, 6.45) is 3.27. The van der Waals surface area contributed by atoms with Crippen molar-refractivity contribution in [3.8, 4) is 5.75 Å². The molecule has 0 aliphatic carbocycles. The Labute approximate surface area is 158 Å². The van der Waals surface area contributed by atoms with Crippen LogP contribution in [0.4, 0.5) is 0 Å². The van der Waals surface area contributed by atoms with Gasteiger partial charge in [0.15, 0.2) is 0 Å². The molecule has 0 bridgehead atoms. The summed E-state index contributed by atoms with van der Waals surface area (Å²) in [7, 11) is 1.57. The number of ketones is 1. The molecule has 3 rings (SSSR count). The van der Waals surface area contributed by atoms with E-state index in [2.05, 4.69) is 4.98 Å². The number of imidazole rings is 1. The number of carbonyl (C=O) groups is 3. The van der Waals surface area contributed by atoms with Gasteiger partial charge in [0.25, 0.3) is 11.8 Å². The summed E-state index contributed by atoms with van der Waals surface area (Å²) in [5, 5.41) is 0. The van der Waals surface area contributed by atoms with Crippen molar-refractivity contribution in [1.82, 2.24) is 14.5 Å². The first kappa shape index (κ1) is 19.1. The number of hydrogen-bond donors (Lipinski definition) is 0. The highest BCUT2D eigenvalue weighted by atomic mass is 16.5. The third-order valence-corrected chi connectivity index (χ3v) is 5.48. The summed E-state index contributed by atoms with van der Waals surface area (Å²) in [5.74, 6) is -0.588. The van der Waals surface area contributed by atoms with E-state index in [1.54, 1.807) is 39.2 Å². The van der Waals surface area contributed by atoms with E-state index in [4.69, 9.17) is 4.74 Å². The standard InChI is InChI=1S/C20H25N3O4/c1-5-20(2,3)17(24)19(26)22-10-6-7-16(22)18(25)23-12-21-14-11-13(27-4)8-9-15(14)23/h8-9,11-12,16H,5-7,10H2,1-4H3. The van der Waals surface area contributed by atoms with Gasteiger partial charge in [0, 0.05) is 18.0 Å². The Morgan fingerprint density at radius 1 is 1.30 bits per heavy atom. The molecule has 0 spiro atoms. The molecule has 1 aliphatic rings. The Morgan fingerprint density at radius 3 is 2.70 bits per heavy atom. The first-order valence-corrected chi connectivity index (χ1v) is 9.21. The highest BCUT2D eigenvalue weighted by Crippen LogP contribution is 2.27. The Bertz CT molecular complexity index is 900. The molecule has 0 saturated carbocycles. The number of aromatic nitrogens is 2. The molecule has 2 heterocycles. The van der Waals surface area contributed by atoms with Crippen LogP contribution in [0.5, 0.6) is 5.75 Å². The second-order valence-corrected chi connectivity index (χ2v) is 7.53. The fraction of sp³-hybridized carbons (Fsp3) is 0.500. The minimum absolute atomic E-state index is 0.240. The van der Waals surface area contributed by atoms with Gasteiger partial charge in [0.1, 0.15) is 18.1 Å². The van der Waals surface area contributed by atoms with Crippen molar-refractivity contribution in [1.29, 1.82) is 0 Å². The third kappa shape index (κ3) is 3.34. The van der Waals surface area contributed by atoms with Gasteiger partial charge in [-0.3, -0.25) is 19.0 Å². The topological polar surface area (TPSA) is 81.5 Å². The summed E-state index contributed by atoms with van der Waals surface area (Å²) in [5.41, 5.74) is 0.563. The molecule has 1 unspecified atom stereocenters. The van der Waals surface area contributed by atoms with E-state index in [9.17, 15) is 14.4 Å². The van der Waals surface area contributed by atoms with Crippen LogP contribution in [0.1, 0.15) is 44.8 Å². The number of fused-ring (bicyclic) bond motifs is 1. The normalized spacial score (nSPS) is 17.3. The van der Waals surface area contributed by atoms with Crippen LogP contribution in [-0.4, -0.2) is 51.7 Å². The van der Waals surface area contributed by atoms with Crippen LogP contribution in [0.15, 0.2) is 24.5 Å². The molecule has 7 heteroatoms. The zero-order chi connectivity index (χ0) is 19.8. The Kier molecular flexibility index (Phi) is 5.04. The number of Topliss-reactive ketones (excluding diaryl/α,β-unsaturated/α-hetero) is 1. The highest BCUT2D eigenvalue weighted by molar-refractivity contribution is 6.38. The number of rotatable bonds is 5. The van der Waals surface area contributed by atoms with Crippen LogP contribution in [0.2, 0.25) is 0 Å². The monoisotopic (exact) mass is 371 g/mol. The number of methoxy groups -OCH3 is 1. The zero-order valence-corrected chi connectivity index (χ0v) is 16.2. The molecule has 1 aromatic heterocycles. The molecule has 1 fully saturated rings. The lowest BCUT2D eigenvalue weighted by molar-refractivity contribution is -0.149. The molecule has 1 amide bonds. The smallest absolute Gasteiger partial charge is 0.291 e. The van der Waals surface area contributed by atoms with Crippen LogP contribution in [0.3, 0.4) is 0 Å². The average Bonchev–Trinajstić information content (AvgIpc) is 3.32. The molecule has 0 radical (unpaired) electrons. The van der Waals surface area contributed by atoms with Crippen molar-refractivity contribution in [3.63, 3.8) is 0 Å². The number of likely N-dealkylation sites (tertiary alicyclic amines) is 1. The molecule has 0 N–H and O–H groups in total. The lowest BCUT2D eigenvalue weighted by Crippen LogP contribution is -2.48. The van der Waals surface area contributed by atoms with Gasteiger partial charge >= 0.3 is 0 Å². The summed E-state index contributed by atoms with van der Waals surface area (Å²) in [6, 6.07) is 4.64. The predicted octanol–water partition coefficient (Wildman–Crippen LogP) is 2.68. The molecule has 1 saturated heterocycles. The molecule has 1 aromatic carbocycles. The van der Waals surface area contributed by atoms with Gasteiger partial charge in [-0.05, 0) is 31.4 Å². The molecule has 144 valence electrons. The fourth-order valence-electron chi connectivity index (χ4n) is 3.30. The Balaban J connectivity index is 1.88. The predicted molar refractivity (Wildman–Crippen MR) is 101 cm³/mol. The number of nitrogens with zero attached hydrogens (tertiary/aromatic N) is 3. The largest absolute Gasteiger partial charge is 0.497 e. The van der Waals surface area contributed by atoms with Gasteiger partial charge in [-0.15, -0.1) is 0 Å². The van der Waals surface area contributed by atoms with Crippen molar-refractivity contribution >= 4 is 28.6 Å². The van der Waals surface area contributed by atoms with E-state index in [0.717, 1.165) is 0 Å². The van der Waals surface area contributed by atoms with Crippen LogP contribution in [0.25, 0.3) is 11.0 Å². The van der Waals surface area contributed by atoms with Crippen LogP contribution >= 0.6 is 0 Å². The van der Waals surface area contributed by atoms with Crippen LogP contribution < -0.4 is 4.74 Å². The maximum absolute atomic E-state index is 13.1. The lowest BCUT2D eigenvalue weighted by atomic mass is 9.84. The molecular weight excluding hydrogens is 346 g/mol. The van der Waals surface area contributed by atoms with Gasteiger partial charge in [-0.1, -0.05) is 20.8 Å². The number of carbonyl (C=O) groups excluding carboxylic acids is 3. The molecule has 1 atom stereocenters. The fourth-order valence-corrected chi connectivity index (χ4v) is 3.30. The maximum atomic E-state index is 13.1. The number of benzene rings is 1.